The van der Waals surface area contributed by atoms with Crippen molar-refractivity contribution in [3.63, 3.8) is 0 Å². The Bertz CT molecular complexity index is 782. The number of thioether (sulfide) groups is 1. The van der Waals surface area contributed by atoms with Gasteiger partial charge in [0.15, 0.2) is 0 Å². The van der Waals surface area contributed by atoms with Gasteiger partial charge in [-0.25, -0.2) is 12.8 Å². The summed E-state index contributed by atoms with van der Waals surface area (Å²) in [7, 11) is -3.99. The van der Waals surface area contributed by atoms with Gasteiger partial charge in [-0.3, -0.25) is 19.3 Å². The molecule has 3 amide bonds. The van der Waals surface area contributed by atoms with Gasteiger partial charge in [0.1, 0.15) is 11.9 Å². The summed E-state index contributed by atoms with van der Waals surface area (Å²) in [6, 6.07) is 3.19. The zero-order valence-electron chi connectivity index (χ0n) is 13.9. The number of carbonyl (C=O) groups excluding carboxylic acids is 3. The fraction of sp³-hybridized carbons (Fsp3) is 0.400. The molecule has 0 aromatic heterocycles. The van der Waals surface area contributed by atoms with Crippen molar-refractivity contribution in [2.45, 2.75) is 24.3 Å². The second-order valence-electron chi connectivity index (χ2n) is 5.43. The number of nitrogens with zero attached hydrogens (tertiary/aromatic N) is 1. The highest BCUT2D eigenvalue weighted by Crippen LogP contribution is 2.17. The van der Waals surface area contributed by atoms with Crippen LogP contribution < -0.4 is 10.0 Å². The molecule has 1 aromatic rings. The lowest BCUT2D eigenvalue weighted by Crippen LogP contribution is -2.48. The number of rotatable bonds is 8. The largest absolute Gasteiger partial charge is 0.353 e. The van der Waals surface area contributed by atoms with Gasteiger partial charge in [0.2, 0.25) is 21.8 Å². The fourth-order valence-corrected chi connectivity index (χ4v) is 4.23. The summed E-state index contributed by atoms with van der Waals surface area (Å²) >= 11 is 0.896. The summed E-state index contributed by atoms with van der Waals surface area (Å²) in [4.78, 5) is 36.0. The second kappa shape index (κ2) is 8.60. The van der Waals surface area contributed by atoms with Crippen LogP contribution in [-0.4, -0.2) is 55.3 Å². The Morgan fingerprint density at radius 3 is 2.50 bits per heavy atom. The third-order valence-corrected chi connectivity index (χ3v) is 5.97. The summed E-state index contributed by atoms with van der Waals surface area (Å²) in [6.45, 7) is 1.67. The summed E-state index contributed by atoms with van der Waals surface area (Å²) in [5, 5.41) is 2.14. The molecule has 0 saturated carbocycles. The van der Waals surface area contributed by atoms with E-state index in [2.05, 4.69) is 10.0 Å². The summed E-state index contributed by atoms with van der Waals surface area (Å²) < 4.78 is 39.7. The smallest absolute Gasteiger partial charge is 0.288 e. The molecule has 1 heterocycles. The quantitative estimate of drug-likeness (QED) is 0.661. The third-order valence-electron chi connectivity index (χ3n) is 3.62. The Morgan fingerprint density at radius 1 is 1.31 bits per heavy atom. The lowest BCUT2D eigenvalue weighted by atomic mass is 10.2. The van der Waals surface area contributed by atoms with Crippen molar-refractivity contribution in [2.75, 3.05) is 18.8 Å². The molecule has 0 spiro atoms. The van der Waals surface area contributed by atoms with Crippen molar-refractivity contribution in [3.05, 3.63) is 30.1 Å². The highest BCUT2D eigenvalue weighted by Gasteiger charge is 2.30. The molecule has 0 aliphatic carbocycles. The van der Waals surface area contributed by atoms with Crippen molar-refractivity contribution in [2.24, 2.45) is 0 Å². The van der Waals surface area contributed by atoms with Gasteiger partial charge in [-0.2, -0.15) is 4.72 Å². The van der Waals surface area contributed by atoms with Crippen LogP contribution >= 0.6 is 11.8 Å². The van der Waals surface area contributed by atoms with E-state index in [1.165, 1.54) is 0 Å². The average molecular weight is 403 g/mol. The first-order chi connectivity index (χ1) is 12.2. The molecule has 1 fully saturated rings. The van der Waals surface area contributed by atoms with Gasteiger partial charge in [0.25, 0.3) is 5.24 Å². The molecule has 8 nitrogen and oxygen atoms in total. The molecule has 0 bridgehead atoms. The van der Waals surface area contributed by atoms with E-state index in [1.807, 2.05) is 0 Å². The van der Waals surface area contributed by atoms with Crippen molar-refractivity contribution in [3.8, 4) is 0 Å². The van der Waals surface area contributed by atoms with E-state index >= 15 is 0 Å². The normalized spacial score (nSPS) is 16.0. The van der Waals surface area contributed by atoms with Crippen LogP contribution in [0.5, 0.6) is 0 Å². The first kappa shape index (κ1) is 20.3. The number of halogens is 1. The number of carbonyl (C=O) groups is 3. The summed E-state index contributed by atoms with van der Waals surface area (Å²) in [5.74, 6) is -1.39. The number of amides is 3. The van der Waals surface area contributed by atoms with E-state index in [1.54, 1.807) is 6.92 Å². The Kier molecular flexibility index (Phi) is 6.73. The molecule has 1 unspecified atom stereocenters. The van der Waals surface area contributed by atoms with Gasteiger partial charge in [-0.15, -0.1) is 0 Å². The number of hydrogen-bond donors (Lipinski definition) is 2. The monoisotopic (exact) mass is 403 g/mol. The molecule has 142 valence electrons. The third kappa shape index (κ3) is 5.02. The SMILES string of the molecule is CCC(NS(=O)(=O)c1ccc(F)cc1)C(=O)NCCN1C(=O)CSC1=O. The van der Waals surface area contributed by atoms with Crippen LogP contribution in [0, 0.1) is 5.82 Å². The Labute approximate surface area is 154 Å². The van der Waals surface area contributed by atoms with Gasteiger partial charge in [-0.1, -0.05) is 18.7 Å². The highest BCUT2D eigenvalue weighted by molar-refractivity contribution is 8.14. The van der Waals surface area contributed by atoms with E-state index in [9.17, 15) is 27.2 Å². The van der Waals surface area contributed by atoms with E-state index < -0.39 is 27.8 Å². The van der Waals surface area contributed by atoms with Crippen LogP contribution in [0.15, 0.2) is 29.2 Å². The van der Waals surface area contributed by atoms with Crippen LogP contribution in [0.25, 0.3) is 0 Å². The van der Waals surface area contributed by atoms with Crippen LogP contribution in [0.3, 0.4) is 0 Å². The number of imide groups is 1. The molecule has 0 radical (unpaired) electrons. The van der Waals surface area contributed by atoms with Crippen LogP contribution in [0.4, 0.5) is 9.18 Å². The molecule has 2 rings (SSSR count). The van der Waals surface area contributed by atoms with Gasteiger partial charge in [0, 0.05) is 13.1 Å². The van der Waals surface area contributed by atoms with Crippen molar-refractivity contribution >= 4 is 38.8 Å². The van der Waals surface area contributed by atoms with Gasteiger partial charge in [-0.05, 0) is 30.7 Å². The molecule has 1 aliphatic heterocycles. The zero-order chi connectivity index (χ0) is 19.3. The molecule has 26 heavy (non-hydrogen) atoms. The predicted molar refractivity (Wildman–Crippen MR) is 93.4 cm³/mol. The van der Waals surface area contributed by atoms with Crippen LogP contribution in [0.1, 0.15) is 13.3 Å². The molecule has 11 heteroatoms. The number of nitrogens with one attached hydrogen (secondary N) is 2. The molecular formula is C15H18FN3O5S2. The lowest BCUT2D eigenvalue weighted by molar-refractivity contribution is -0.126. The molecule has 2 N–H and O–H groups in total. The lowest BCUT2D eigenvalue weighted by Gasteiger charge is -2.18. The first-order valence-electron chi connectivity index (χ1n) is 7.77. The van der Waals surface area contributed by atoms with E-state index in [-0.39, 0.29) is 41.3 Å². The minimum absolute atomic E-state index is 0.0195. The predicted octanol–water partition coefficient (Wildman–Crippen LogP) is 0.694. The van der Waals surface area contributed by atoms with E-state index in [4.69, 9.17) is 0 Å². The minimum Gasteiger partial charge on any atom is -0.353 e. The van der Waals surface area contributed by atoms with Crippen molar-refractivity contribution in [1.82, 2.24) is 14.9 Å². The van der Waals surface area contributed by atoms with Crippen molar-refractivity contribution < 1.29 is 27.2 Å². The average Bonchev–Trinajstić information content (AvgIpc) is 2.92. The molecule has 1 saturated heterocycles. The molecule has 1 aliphatic rings. The Hall–Kier alpha value is -1.98. The van der Waals surface area contributed by atoms with Gasteiger partial charge < -0.3 is 5.32 Å². The number of benzene rings is 1. The number of hydrogen-bond acceptors (Lipinski definition) is 6. The highest BCUT2D eigenvalue weighted by atomic mass is 32.2. The fourth-order valence-electron chi connectivity index (χ4n) is 2.20. The Balaban J connectivity index is 1.92. The molecule has 1 aromatic carbocycles. The maximum atomic E-state index is 12.9. The van der Waals surface area contributed by atoms with Crippen molar-refractivity contribution in [1.29, 1.82) is 0 Å². The van der Waals surface area contributed by atoms with Crippen LogP contribution in [0.2, 0.25) is 0 Å². The minimum atomic E-state index is -3.99. The number of sulfonamides is 1. The van der Waals surface area contributed by atoms with E-state index in [0.29, 0.717) is 0 Å². The van der Waals surface area contributed by atoms with E-state index in [0.717, 1.165) is 40.9 Å². The molecular weight excluding hydrogens is 385 g/mol. The van der Waals surface area contributed by atoms with Gasteiger partial charge in [0.05, 0.1) is 10.6 Å². The summed E-state index contributed by atoms with van der Waals surface area (Å²) in [6.07, 6.45) is 0.184. The molecule has 1 atom stereocenters. The maximum Gasteiger partial charge on any atom is 0.288 e. The standard InChI is InChI=1S/C15H18FN3O5S2/c1-2-12(18-26(23,24)11-5-3-10(16)4-6-11)14(21)17-7-8-19-13(20)9-25-15(19)22/h3-6,12,18H,2,7-9H2,1H3,(H,17,21). The maximum absolute atomic E-state index is 12.9. The zero-order valence-corrected chi connectivity index (χ0v) is 15.5. The second-order valence-corrected chi connectivity index (χ2v) is 8.07. The topological polar surface area (TPSA) is 113 Å². The summed E-state index contributed by atoms with van der Waals surface area (Å²) in [5.41, 5.74) is 0. The Morgan fingerprint density at radius 2 is 1.96 bits per heavy atom. The van der Waals surface area contributed by atoms with Gasteiger partial charge >= 0.3 is 0 Å². The first-order valence-corrected chi connectivity index (χ1v) is 10.2. The van der Waals surface area contributed by atoms with Crippen LogP contribution in [-0.2, 0) is 19.6 Å².